The number of rotatable bonds is 6. The molecule has 0 bridgehead atoms. The number of carbonyl (C=O) groups excluding carboxylic acids is 3. The van der Waals surface area contributed by atoms with E-state index >= 15 is 0 Å². The van der Waals surface area contributed by atoms with Crippen LogP contribution in [-0.2, 0) is 16.1 Å². The van der Waals surface area contributed by atoms with Gasteiger partial charge in [-0.3, -0.25) is 10.1 Å². The van der Waals surface area contributed by atoms with Crippen molar-refractivity contribution >= 4 is 23.6 Å². The summed E-state index contributed by atoms with van der Waals surface area (Å²) in [5.74, 6) is -0.682. The minimum atomic E-state index is -1.14. The molecule has 0 saturated carbocycles. The van der Waals surface area contributed by atoms with Crippen molar-refractivity contribution in [2.45, 2.75) is 45.9 Å². The molecular formula is C20H25N3O5. The molecule has 2 rings (SSSR count). The number of para-hydroxylation sites is 1. The Kier molecular flexibility index (Phi) is 6.81. The number of hydrogen-bond acceptors (Lipinski definition) is 6. The van der Waals surface area contributed by atoms with Gasteiger partial charge in [-0.05, 0) is 52.0 Å². The second-order valence-electron chi connectivity index (χ2n) is 7.22. The van der Waals surface area contributed by atoms with E-state index in [1.807, 2.05) is 6.07 Å². The number of furan rings is 1. The average Bonchev–Trinajstić information content (AvgIpc) is 3.11. The minimum absolute atomic E-state index is 0.271. The molecule has 1 aromatic heterocycles. The molecule has 1 atom stereocenters. The van der Waals surface area contributed by atoms with Crippen LogP contribution in [0.5, 0.6) is 0 Å². The summed E-state index contributed by atoms with van der Waals surface area (Å²) in [5, 5.41) is 7.85. The Morgan fingerprint density at radius 3 is 2.46 bits per heavy atom. The van der Waals surface area contributed by atoms with Crippen LogP contribution in [0.15, 0.2) is 47.1 Å². The van der Waals surface area contributed by atoms with Crippen molar-refractivity contribution in [1.82, 2.24) is 10.6 Å². The van der Waals surface area contributed by atoms with Crippen molar-refractivity contribution in [2.75, 3.05) is 5.32 Å². The maximum absolute atomic E-state index is 12.5. The van der Waals surface area contributed by atoms with E-state index < -0.39 is 29.6 Å². The van der Waals surface area contributed by atoms with Crippen molar-refractivity contribution < 1.29 is 23.5 Å². The molecule has 0 aliphatic rings. The highest BCUT2D eigenvalue weighted by Gasteiger charge is 2.23. The molecule has 0 aliphatic heterocycles. The van der Waals surface area contributed by atoms with E-state index in [-0.39, 0.29) is 5.56 Å². The average molecular weight is 387 g/mol. The van der Waals surface area contributed by atoms with Crippen LogP contribution in [0.3, 0.4) is 0 Å². The minimum Gasteiger partial charge on any atom is -0.467 e. The van der Waals surface area contributed by atoms with Crippen molar-refractivity contribution in [3.05, 3.63) is 54.0 Å². The Balaban J connectivity index is 1.96. The SMILES string of the molecule is C[C@@H](OC(=O)c1ccccc1NCc1ccco1)C(=O)NC(=O)NC(C)(C)C. The van der Waals surface area contributed by atoms with Gasteiger partial charge in [0.2, 0.25) is 0 Å². The first kappa shape index (κ1) is 21.0. The molecule has 3 amide bonds. The fourth-order valence-electron chi connectivity index (χ4n) is 2.27. The monoisotopic (exact) mass is 387 g/mol. The molecule has 1 aromatic carbocycles. The number of anilines is 1. The summed E-state index contributed by atoms with van der Waals surface area (Å²) >= 11 is 0. The maximum atomic E-state index is 12.5. The molecule has 2 aromatic rings. The summed E-state index contributed by atoms with van der Waals surface area (Å²) in [4.78, 5) is 36.4. The van der Waals surface area contributed by atoms with Crippen LogP contribution in [0.1, 0.15) is 43.8 Å². The molecule has 0 unspecified atom stereocenters. The second kappa shape index (κ2) is 9.07. The van der Waals surface area contributed by atoms with Gasteiger partial charge in [0.05, 0.1) is 18.4 Å². The van der Waals surface area contributed by atoms with E-state index in [1.54, 1.807) is 57.4 Å². The number of hydrogen-bond donors (Lipinski definition) is 3. The molecule has 150 valence electrons. The first-order chi connectivity index (χ1) is 13.2. The Morgan fingerprint density at radius 1 is 1.11 bits per heavy atom. The van der Waals surface area contributed by atoms with Gasteiger partial charge >= 0.3 is 12.0 Å². The fraction of sp³-hybridized carbons (Fsp3) is 0.350. The quantitative estimate of drug-likeness (QED) is 0.657. The van der Waals surface area contributed by atoms with E-state index in [4.69, 9.17) is 9.15 Å². The fourth-order valence-corrected chi connectivity index (χ4v) is 2.27. The van der Waals surface area contributed by atoms with E-state index in [9.17, 15) is 14.4 Å². The number of nitrogens with one attached hydrogen (secondary N) is 3. The van der Waals surface area contributed by atoms with Crippen LogP contribution in [0, 0.1) is 0 Å². The normalized spacial score (nSPS) is 12.0. The summed E-state index contributed by atoms with van der Waals surface area (Å²) < 4.78 is 10.5. The van der Waals surface area contributed by atoms with Crippen molar-refractivity contribution in [2.24, 2.45) is 0 Å². The Bertz CT molecular complexity index is 825. The lowest BCUT2D eigenvalue weighted by Crippen LogP contribution is -2.50. The predicted molar refractivity (Wildman–Crippen MR) is 104 cm³/mol. The van der Waals surface area contributed by atoms with E-state index in [1.165, 1.54) is 6.92 Å². The molecule has 1 heterocycles. The van der Waals surface area contributed by atoms with Gasteiger partial charge in [0, 0.05) is 11.2 Å². The smallest absolute Gasteiger partial charge is 0.341 e. The number of benzene rings is 1. The van der Waals surface area contributed by atoms with Crippen molar-refractivity contribution in [3.8, 4) is 0 Å². The van der Waals surface area contributed by atoms with Crippen LogP contribution in [-0.4, -0.2) is 29.6 Å². The van der Waals surface area contributed by atoms with Gasteiger partial charge in [-0.25, -0.2) is 9.59 Å². The Hall–Kier alpha value is -3.29. The number of urea groups is 1. The third-order valence-corrected chi connectivity index (χ3v) is 3.56. The van der Waals surface area contributed by atoms with Crippen LogP contribution >= 0.6 is 0 Å². The summed E-state index contributed by atoms with van der Waals surface area (Å²) in [7, 11) is 0. The number of esters is 1. The first-order valence-corrected chi connectivity index (χ1v) is 8.85. The van der Waals surface area contributed by atoms with Crippen LogP contribution < -0.4 is 16.0 Å². The molecule has 28 heavy (non-hydrogen) atoms. The summed E-state index contributed by atoms with van der Waals surface area (Å²) in [5.41, 5.74) is 0.318. The highest BCUT2D eigenvalue weighted by Crippen LogP contribution is 2.18. The van der Waals surface area contributed by atoms with E-state index in [2.05, 4.69) is 16.0 Å². The number of ether oxygens (including phenoxy) is 1. The molecule has 0 radical (unpaired) electrons. The zero-order valence-corrected chi connectivity index (χ0v) is 16.4. The highest BCUT2D eigenvalue weighted by atomic mass is 16.5. The number of imide groups is 1. The molecule has 8 nitrogen and oxygen atoms in total. The van der Waals surface area contributed by atoms with Crippen molar-refractivity contribution in [1.29, 1.82) is 0 Å². The summed E-state index contributed by atoms with van der Waals surface area (Å²) in [6.07, 6.45) is 0.421. The van der Waals surface area contributed by atoms with Gasteiger partial charge in [0.15, 0.2) is 6.10 Å². The lowest BCUT2D eigenvalue weighted by Gasteiger charge is -2.21. The molecule has 3 N–H and O–H groups in total. The third-order valence-electron chi connectivity index (χ3n) is 3.56. The molecule has 0 aliphatic carbocycles. The lowest BCUT2D eigenvalue weighted by molar-refractivity contribution is -0.127. The predicted octanol–water partition coefficient (Wildman–Crippen LogP) is 3.06. The van der Waals surface area contributed by atoms with Gasteiger partial charge in [-0.1, -0.05) is 12.1 Å². The van der Waals surface area contributed by atoms with Gasteiger partial charge in [-0.15, -0.1) is 0 Å². The maximum Gasteiger partial charge on any atom is 0.341 e. The summed E-state index contributed by atoms with van der Waals surface area (Å²) in [6.45, 7) is 7.14. The molecular weight excluding hydrogens is 362 g/mol. The van der Waals surface area contributed by atoms with E-state index in [0.29, 0.717) is 18.0 Å². The summed E-state index contributed by atoms with van der Waals surface area (Å²) in [6, 6.07) is 9.70. The highest BCUT2D eigenvalue weighted by molar-refractivity contribution is 6.00. The van der Waals surface area contributed by atoms with Crippen LogP contribution in [0.25, 0.3) is 0 Å². The lowest BCUT2D eigenvalue weighted by atomic mass is 10.1. The molecule has 0 saturated heterocycles. The first-order valence-electron chi connectivity index (χ1n) is 8.85. The van der Waals surface area contributed by atoms with Crippen LogP contribution in [0.4, 0.5) is 10.5 Å². The molecule has 0 fully saturated rings. The Morgan fingerprint density at radius 2 is 1.82 bits per heavy atom. The zero-order chi connectivity index (χ0) is 20.7. The number of amides is 3. The molecule has 8 heteroatoms. The number of carbonyl (C=O) groups is 3. The van der Waals surface area contributed by atoms with Crippen molar-refractivity contribution in [3.63, 3.8) is 0 Å². The topological polar surface area (TPSA) is 110 Å². The van der Waals surface area contributed by atoms with E-state index in [0.717, 1.165) is 0 Å². The zero-order valence-electron chi connectivity index (χ0n) is 16.4. The van der Waals surface area contributed by atoms with Gasteiger partial charge in [-0.2, -0.15) is 0 Å². The van der Waals surface area contributed by atoms with Gasteiger partial charge in [0.1, 0.15) is 5.76 Å². The standard InChI is InChI=1S/C20H25N3O5/c1-13(17(24)22-19(26)23-20(2,3)4)28-18(25)15-9-5-6-10-16(15)21-12-14-8-7-11-27-14/h5-11,13,21H,12H2,1-4H3,(H2,22,23,24,26)/t13-/m1/s1. The van der Waals surface area contributed by atoms with Gasteiger partial charge in [0.25, 0.3) is 5.91 Å². The molecule has 0 spiro atoms. The Labute approximate surface area is 163 Å². The third kappa shape index (κ3) is 6.46. The second-order valence-corrected chi connectivity index (χ2v) is 7.22. The van der Waals surface area contributed by atoms with Gasteiger partial charge < -0.3 is 19.8 Å². The van der Waals surface area contributed by atoms with Crippen LogP contribution in [0.2, 0.25) is 0 Å². The largest absolute Gasteiger partial charge is 0.467 e.